The average Bonchev–Trinajstić information content (AvgIpc) is 2.34. The zero-order valence-corrected chi connectivity index (χ0v) is 13.7. The number of nitrogen functional groups attached to an aromatic ring is 1. The Bertz CT molecular complexity index is 509. The molecule has 1 rings (SSSR count). The van der Waals surface area contributed by atoms with Gasteiger partial charge in [-0.3, -0.25) is 0 Å². The van der Waals surface area contributed by atoms with Gasteiger partial charge >= 0.3 is 5.97 Å². The van der Waals surface area contributed by atoms with Gasteiger partial charge in [0.05, 0.1) is 23.4 Å². The fourth-order valence-corrected chi connectivity index (χ4v) is 2.38. The third kappa shape index (κ3) is 3.37. The van der Waals surface area contributed by atoms with Crippen molar-refractivity contribution in [2.45, 2.75) is 33.7 Å². The highest BCUT2D eigenvalue weighted by molar-refractivity contribution is 6.34. The molecule has 0 fully saturated rings. The molecule has 0 saturated carbocycles. The maximum atomic E-state index is 12.0. The lowest BCUT2D eigenvalue weighted by molar-refractivity contribution is 0.0601. The van der Waals surface area contributed by atoms with E-state index in [1.165, 1.54) is 7.11 Å². The summed E-state index contributed by atoms with van der Waals surface area (Å²) >= 11 is 6.30. The van der Waals surface area contributed by atoms with Crippen molar-refractivity contribution in [1.29, 1.82) is 0 Å². The number of rotatable bonds is 3. The lowest BCUT2D eigenvalue weighted by Crippen LogP contribution is -2.40. The Morgan fingerprint density at radius 1 is 1.40 bits per heavy atom. The Morgan fingerprint density at radius 3 is 2.40 bits per heavy atom. The summed E-state index contributed by atoms with van der Waals surface area (Å²) < 4.78 is 4.82. The van der Waals surface area contributed by atoms with Crippen molar-refractivity contribution >= 4 is 28.9 Å². The minimum atomic E-state index is -0.442. The van der Waals surface area contributed by atoms with E-state index in [4.69, 9.17) is 22.1 Å². The maximum absolute atomic E-state index is 12.0. The molecule has 2 N–H and O–H groups in total. The zero-order valence-electron chi connectivity index (χ0n) is 13.0. The van der Waals surface area contributed by atoms with E-state index in [1.807, 2.05) is 11.9 Å². The first-order valence-corrected chi connectivity index (χ1v) is 6.87. The molecule has 112 valence electrons. The summed E-state index contributed by atoms with van der Waals surface area (Å²) in [6, 6.07) is 3.42. The molecule has 0 radical (unpaired) electrons. The summed E-state index contributed by atoms with van der Waals surface area (Å²) in [5.74, 6) is -0.442. The summed E-state index contributed by atoms with van der Waals surface area (Å²) in [5, 5.41) is 0.448. The number of hydrogen-bond donors (Lipinski definition) is 1. The van der Waals surface area contributed by atoms with Gasteiger partial charge in [-0.15, -0.1) is 0 Å². The molecule has 0 amide bonds. The largest absolute Gasteiger partial charge is 0.465 e. The van der Waals surface area contributed by atoms with E-state index in [0.29, 0.717) is 22.0 Å². The molecule has 0 saturated heterocycles. The SMILES string of the molecule is COC(=O)c1cc(N)cc(Cl)c1N(C)C(C)C(C)(C)C. The summed E-state index contributed by atoms with van der Waals surface area (Å²) in [7, 11) is 3.26. The molecule has 4 nitrogen and oxygen atoms in total. The Labute approximate surface area is 125 Å². The third-order valence-corrected chi connectivity index (χ3v) is 3.97. The average molecular weight is 299 g/mol. The molecule has 1 aromatic carbocycles. The van der Waals surface area contributed by atoms with Gasteiger partial charge in [0.2, 0.25) is 0 Å². The van der Waals surface area contributed by atoms with Gasteiger partial charge in [0.25, 0.3) is 0 Å². The highest BCUT2D eigenvalue weighted by Crippen LogP contribution is 2.36. The molecule has 0 heterocycles. The van der Waals surface area contributed by atoms with Crippen LogP contribution < -0.4 is 10.6 Å². The van der Waals surface area contributed by atoms with Gasteiger partial charge in [-0.2, -0.15) is 0 Å². The molecule has 0 aromatic heterocycles. The zero-order chi connectivity index (χ0) is 15.7. The van der Waals surface area contributed by atoms with Crippen molar-refractivity contribution < 1.29 is 9.53 Å². The van der Waals surface area contributed by atoms with E-state index in [1.54, 1.807) is 12.1 Å². The molecule has 0 spiro atoms. The number of nitrogens with zero attached hydrogens (tertiary/aromatic N) is 1. The number of anilines is 2. The number of hydrogen-bond acceptors (Lipinski definition) is 4. The summed E-state index contributed by atoms with van der Waals surface area (Å²) in [5.41, 5.74) is 7.28. The molecule has 1 atom stereocenters. The minimum Gasteiger partial charge on any atom is -0.465 e. The van der Waals surface area contributed by atoms with Gasteiger partial charge in [0.1, 0.15) is 0 Å². The topological polar surface area (TPSA) is 55.6 Å². The molecule has 0 aliphatic carbocycles. The number of methoxy groups -OCH3 is 1. The van der Waals surface area contributed by atoms with Gasteiger partial charge in [0.15, 0.2) is 0 Å². The number of carbonyl (C=O) groups is 1. The molecular weight excluding hydrogens is 276 g/mol. The first-order valence-electron chi connectivity index (χ1n) is 6.49. The van der Waals surface area contributed by atoms with E-state index in [-0.39, 0.29) is 11.5 Å². The number of esters is 1. The fourth-order valence-electron chi connectivity index (χ4n) is 2.02. The van der Waals surface area contributed by atoms with Gasteiger partial charge in [-0.05, 0) is 24.5 Å². The van der Waals surface area contributed by atoms with Crippen molar-refractivity contribution in [3.8, 4) is 0 Å². The van der Waals surface area contributed by atoms with Crippen molar-refractivity contribution in [3.63, 3.8) is 0 Å². The monoisotopic (exact) mass is 298 g/mol. The first-order chi connectivity index (χ1) is 9.09. The van der Waals surface area contributed by atoms with Crippen LogP contribution in [0, 0.1) is 5.41 Å². The summed E-state index contributed by atoms with van der Waals surface area (Å²) in [6.07, 6.45) is 0. The molecule has 0 bridgehead atoms. The molecule has 0 aliphatic heterocycles. The van der Waals surface area contributed by atoms with Crippen molar-refractivity contribution in [2.24, 2.45) is 5.41 Å². The van der Waals surface area contributed by atoms with Crippen LogP contribution in [0.25, 0.3) is 0 Å². The predicted molar refractivity (Wildman–Crippen MR) is 84.5 cm³/mol. The van der Waals surface area contributed by atoms with Crippen LogP contribution in [-0.4, -0.2) is 26.2 Å². The number of benzene rings is 1. The van der Waals surface area contributed by atoms with E-state index >= 15 is 0 Å². The van der Waals surface area contributed by atoms with Crippen LogP contribution in [0.2, 0.25) is 5.02 Å². The van der Waals surface area contributed by atoms with Crippen LogP contribution in [0.4, 0.5) is 11.4 Å². The van der Waals surface area contributed by atoms with E-state index in [9.17, 15) is 4.79 Å². The van der Waals surface area contributed by atoms with Crippen LogP contribution in [0.15, 0.2) is 12.1 Å². The normalized spacial score (nSPS) is 12.9. The minimum absolute atomic E-state index is 0.0346. The van der Waals surface area contributed by atoms with E-state index in [2.05, 4.69) is 27.7 Å². The van der Waals surface area contributed by atoms with E-state index in [0.717, 1.165) is 0 Å². The Balaban J connectivity index is 3.40. The quantitative estimate of drug-likeness (QED) is 0.684. The standard InChI is InChI=1S/C15H23ClN2O2/c1-9(15(2,3)4)18(5)13-11(14(19)20-6)7-10(17)8-12(13)16/h7-9H,17H2,1-6H3. The lowest BCUT2D eigenvalue weighted by atomic mass is 9.86. The second-order valence-electron chi connectivity index (χ2n) is 6.04. The van der Waals surface area contributed by atoms with Crippen molar-refractivity contribution in [3.05, 3.63) is 22.7 Å². The van der Waals surface area contributed by atoms with Crippen molar-refractivity contribution in [1.82, 2.24) is 0 Å². The molecule has 0 aliphatic rings. The highest BCUT2D eigenvalue weighted by atomic mass is 35.5. The van der Waals surface area contributed by atoms with Crippen molar-refractivity contribution in [2.75, 3.05) is 24.8 Å². The molecule has 1 unspecified atom stereocenters. The summed E-state index contributed by atoms with van der Waals surface area (Å²) in [4.78, 5) is 13.9. The Kier molecular flexibility index (Phi) is 4.92. The number of nitrogens with two attached hydrogens (primary N) is 1. The van der Waals surface area contributed by atoms with Crippen LogP contribution in [0.3, 0.4) is 0 Å². The van der Waals surface area contributed by atoms with Gasteiger partial charge in [-0.1, -0.05) is 32.4 Å². The molecule has 1 aromatic rings. The van der Waals surface area contributed by atoms with Crippen LogP contribution in [-0.2, 0) is 4.74 Å². The third-order valence-electron chi connectivity index (χ3n) is 3.68. The lowest BCUT2D eigenvalue weighted by Gasteiger charge is -2.38. The van der Waals surface area contributed by atoms with E-state index < -0.39 is 5.97 Å². The second kappa shape index (κ2) is 5.92. The molecule has 5 heteroatoms. The Hall–Kier alpha value is -1.42. The smallest absolute Gasteiger partial charge is 0.340 e. The number of halogens is 1. The highest BCUT2D eigenvalue weighted by Gasteiger charge is 2.28. The molecular formula is C15H23ClN2O2. The second-order valence-corrected chi connectivity index (χ2v) is 6.45. The van der Waals surface area contributed by atoms with Crippen LogP contribution >= 0.6 is 11.6 Å². The van der Waals surface area contributed by atoms with Gasteiger partial charge < -0.3 is 15.4 Å². The van der Waals surface area contributed by atoms with Crippen LogP contribution in [0.1, 0.15) is 38.1 Å². The Morgan fingerprint density at radius 2 is 1.95 bits per heavy atom. The van der Waals surface area contributed by atoms with Crippen LogP contribution in [0.5, 0.6) is 0 Å². The maximum Gasteiger partial charge on any atom is 0.340 e. The van der Waals surface area contributed by atoms with Gasteiger partial charge in [-0.25, -0.2) is 4.79 Å². The summed E-state index contributed by atoms with van der Waals surface area (Å²) in [6.45, 7) is 8.50. The molecule has 20 heavy (non-hydrogen) atoms. The number of ether oxygens (including phenoxy) is 1. The van der Waals surface area contributed by atoms with Gasteiger partial charge in [0, 0.05) is 18.8 Å². The first kappa shape index (κ1) is 16.6. The predicted octanol–water partition coefficient (Wildman–Crippen LogP) is 3.58. The fraction of sp³-hybridized carbons (Fsp3) is 0.533. The number of carbonyl (C=O) groups excluding carboxylic acids is 1.